The molecular weight excluding hydrogens is 558 g/mol. The standard InChI is InChI=1S/C35H41NO6Si/c1-34(2,3)43(6,7)41-25-33(31-15-11-12-16-32(31)36(37)38)42-35(26-13-9-8-10-14-26,27-17-21-29(39-4)22-18-27)28-19-23-30(40-5)24-20-28/h8-24,33H,25H2,1-7H3. The Morgan fingerprint density at radius 3 is 1.65 bits per heavy atom. The lowest BCUT2D eigenvalue weighted by Gasteiger charge is -2.41. The average molecular weight is 600 g/mol. The van der Waals surface area contributed by atoms with Crippen LogP contribution in [0.15, 0.2) is 103 Å². The van der Waals surface area contributed by atoms with Gasteiger partial charge in [0.15, 0.2) is 8.32 Å². The summed E-state index contributed by atoms with van der Waals surface area (Å²) in [6.45, 7) is 11.0. The number of nitro benzene ring substituents is 1. The summed E-state index contributed by atoms with van der Waals surface area (Å²) in [6, 6.07) is 32.1. The molecule has 0 aromatic heterocycles. The fourth-order valence-corrected chi connectivity index (χ4v) is 5.86. The molecule has 0 amide bonds. The highest BCUT2D eigenvalue weighted by Gasteiger charge is 2.43. The monoisotopic (exact) mass is 599 g/mol. The maximum Gasteiger partial charge on any atom is 0.275 e. The first kappa shape index (κ1) is 31.9. The van der Waals surface area contributed by atoms with Gasteiger partial charge in [0.1, 0.15) is 23.2 Å². The number of para-hydroxylation sites is 1. The zero-order valence-corrected chi connectivity index (χ0v) is 27.0. The van der Waals surface area contributed by atoms with Crippen LogP contribution in [0.2, 0.25) is 18.1 Å². The summed E-state index contributed by atoms with van der Waals surface area (Å²) >= 11 is 0. The molecule has 0 aliphatic carbocycles. The molecule has 8 heteroatoms. The molecule has 0 saturated carbocycles. The van der Waals surface area contributed by atoms with Crippen molar-refractivity contribution in [3.05, 3.63) is 135 Å². The van der Waals surface area contributed by atoms with E-state index in [0.717, 1.165) is 16.7 Å². The first-order chi connectivity index (χ1) is 20.4. The van der Waals surface area contributed by atoms with Crippen LogP contribution in [-0.4, -0.2) is 34.1 Å². The Balaban J connectivity index is 2.00. The molecule has 0 N–H and O–H groups in total. The molecule has 0 spiro atoms. The molecule has 4 aromatic carbocycles. The smallest absolute Gasteiger partial charge is 0.275 e. The molecule has 0 saturated heterocycles. The number of rotatable bonds is 12. The lowest BCUT2D eigenvalue weighted by atomic mass is 9.79. The van der Waals surface area contributed by atoms with E-state index in [9.17, 15) is 10.1 Å². The molecule has 0 aliphatic rings. The Labute approximate surface area is 255 Å². The third-order valence-corrected chi connectivity index (χ3v) is 12.9. The van der Waals surface area contributed by atoms with Gasteiger partial charge in [0.05, 0.1) is 31.3 Å². The number of hydrogen-bond acceptors (Lipinski definition) is 6. The van der Waals surface area contributed by atoms with Crippen LogP contribution in [0.3, 0.4) is 0 Å². The van der Waals surface area contributed by atoms with Crippen LogP contribution < -0.4 is 9.47 Å². The second-order valence-electron chi connectivity index (χ2n) is 12.0. The van der Waals surface area contributed by atoms with Gasteiger partial charge in [0.25, 0.3) is 5.69 Å². The van der Waals surface area contributed by atoms with Crippen LogP contribution in [0.4, 0.5) is 5.69 Å². The first-order valence-corrected chi connectivity index (χ1v) is 17.2. The molecule has 0 bridgehead atoms. The van der Waals surface area contributed by atoms with Crippen LogP contribution in [0.25, 0.3) is 0 Å². The number of methoxy groups -OCH3 is 2. The van der Waals surface area contributed by atoms with Crippen molar-refractivity contribution < 1.29 is 23.6 Å². The van der Waals surface area contributed by atoms with Crippen molar-refractivity contribution in [1.29, 1.82) is 0 Å². The highest BCUT2D eigenvalue weighted by Crippen LogP contribution is 2.47. The van der Waals surface area contributed by atoms with Gasteiger partial charge in [-0.05, 0) is 65.2 Å². The molecule has 43 heavy (non-hydrogen) atoms. The second kappa shape index (κ2) is 13.1. The van der Waals surface area contributed by atoms with E-state index in [1.54, 1.807) is 32.4 Å². The van der Waals surface area contributed by atoms with E-state index in [0.29, 0.717) is 17.1 Å². The van der Waals surface area contributed by atoms with Gasteiger partial charge in [-0.1, -0.05) is 87.5 Å². The van der Waals surface area contributed by atoms with Crippen LogP contribution >= 0.6 is 0 Å². The first-order valence-electron chi connectivity index (χ1n) is 14.3. The van der Waals surface area contributed by atoms with Gasteiger partial charge in [-0.25, -0.2) is 0 Å². The van der Waals surface area contributed by atoms with Gasteiger partial charge in [-0.3, -0.25) is 10.1 Å². The zero-order valence-electron chi connectivity index (χ0n) is 26.0. The number of hydrogen-bond donors (Lipinski definition) is 0. The fourth-order valence-electron chi connectivity index (χ4n) is 4.86. The maximum atomic E-state index is 12.3. The van der Waals surface area contributed by atoms with Gasteiger partial charge in [0.2, 0.25) is 0 Å². The Hall–Kier alpha value is -3.98. The summed E-state index contributed by atoms with van der Waals surface area (Å²) in [7, 11) is 0.988. The predicted molar refractivity (Wildman–Crippen MR) is 172 cm³/mol. The molecule has 7 nitrogen and oxygen atoms in total. The third kappa shape index (κ3) is 6.82. The Bertz CT molecular complexity index is 1450. The van der Waals surface area contributed by atoms with Crippen molar-refractivity contribution in [2.75, 3.05) is 20.8 Å². The minimum Gasteiger partial charge on any atom is -0.497 e. The molecule has 1 atom stereocenters. The number of ether oxygens (including phenoxy) is 3. The highest BCUT2D eigenvalue weighted by atomic mass is 28.4. The summed E-state index contributed by atoms with van der Waals surface area (Å²) in [5.41, 5.74) is 1.79. The molecule has 226 valence electrons. The summed E-state index contributed by atoms with van der Waals surface area (Å²) in [5, 5.41) is 12.2. The molecule has 0 fully saturated rings. The van der Waals surface area contributed by atoms with Crippen molar-refractivity contribution in [3.63, 3.8) is 0 Å². The Morgan fingerprint density at radius 1 is 0.721 bits per heavy atom. The van der Waals surface area contributed by atoms with Crippen molar-refractivity contribution >= 4 is 14.0 Å². The second-order valence-corrected chi connectivity index (χ2v) is 16.8. The van der Waals surface area contributed by atoms with E-state index in [1.165, 1.54) is 6.07 Å². The van der Waals surface area contributed by atoms with Crippen molar-refractivity contribution in [2.24, 2.45) is 0 Å². The lowest BCUT2D eigenvalue weighted by Crippen LogP contribution is -2.43. The topological polar surface area (TPSA) is 80.1 Å². The van der Waals surface area contributed by atoms with Gasteiger partial charge in [0, 0.05) is 6.07 Å². The predicted octanol–water partition coefficient (Wildman–Crippen LogP) is 8.68. The van der Waals surface area contributed by atoms with Gasteiger partial charge in [-0.2, -0.15) is 0 Å². The van der Waals surface area contributed by atoms with E-state index in [2.05, 4.69) is 33.9 Å². The van der Waals surface area contributed by atoms with Crippen LogP contribution in [0.1, 0.15) is 49.1 Å². The largest absolute Gasteiger partial charge is 0.497 e. The Kier molecular flexibility index (Phi) is 9.74. The Morgan fingerprint density at radius 2 is 1.19 bits per heavy atom. The minimum absolute atomic E-state index is 0.0160. The van der Waals surface area contributed by atoms with Crippen LogP contribution in [0.5, 0.6) is 11.5 Å². The summed E-state index contributed by atoms with van der Waals surface area (Å²) in [5.74, 6) is 1.41. The molecule has 4 aromatic rings. The van der Waals surface area contributed by atoms with E-state index in [1.807, 2.05) is 78.9 Å². The minimum atomic E-state index is -2.27. The lowest BCUT2D eigenvalue weighted by molar-refractivity contribution is -0.386. The summed E-state index contributed by atoms with van der Waals surface area (Å²) in [4.78, 5) is 11.9. The third-order valence-electron chi connectivity index (χ3n) is 8.37. The maximum absolute atomic E-state index is 12.3. The highest BCUT2D eigenvalue weighted by molar-refractivity contribution is 6.74. The normalized spacial score (nSPS) is 12.9. The average Bonchev–Trinajstić information content (AvgIpc) is 3.01. The molecule has 0 radical (unpaired) electrons. The van der Waals surface area contributed by atoms with Gasteiger partial charge >= 0.3 is 0 Å². The molecule has 4 rings (SSSR count). The van der Waals surface area contributed by atoms with E-state index >= 15 is 0 Å². The SMILES string of the molecule is COc1ccc(C(OC(CO[Si](C)(C)C(C)(C)C)c2ccccc2[N+](=O)[O-])(c2ccccc2)c2ccc(OC)cc2)cc1. The van der Waals surface area contributed by atoms with Crippen molar-refractivity contribution in [1.82, 2.24) is 0 Å². The summed E-state index contributed by atoms with van der Waals surface area (Å²) in [6.07, 6.45) is -0.792. The molecule has 0 aliphatic heterocycles. The van der Waals surface area contributed by atoms with Crippen molar-refractivity contribution in [3.8, 4) is 11.5 Å². The van der Waals surface area contributed by atoms with Crippen LogP contribution in [-0.2, 0) is 14.8 Å². The number of nitrogens with zero attached hydrogens (tertiary/aromatic N) is 1. The van der Waals surface area contributed by atoms with Gasteiger partial charge < -0.3 is 18.6 Å². The van der Waals surface area contributed by atoms with Crippen LogP contribution in [0, 0.1) is 10.1 Å². The van der Waals surface area contributed by atoms with Crippen molar-refractivity contribution in [2.45, 2.75) is 50.6 Å². The number of nitro groups is 1. The van der Waals surface area contributed by atoms with Gasteiger partial charge in [-0.15, -0.1) is 0 Å². The molecule has 1 unspecified atom stereocenters. The molecular formula is C35H41NO6Si. The summed E-state index contributed by atoms with van der Waals surface area (Å²) < 4.78 is 25.0. The fraction of sp³-hybridized carbons (Fsp3) is 0.314. The van der Waals surface area contributed by atoms with E-state index in [4.69, 9.17) is 18.6 Å². The molecule has 0 heterocycles. The zero-order chi connectivity index (χ0) is 31.3. The number of benzene rings is 4. The quantitative estimate of drug-likeness (QED) is 0.0701. The van der Waals surface area contributed by atoms with E-state index < -0.39 is 20.0 Å². The van der Waals surface area contributed by atoms with E-state index in [-0.39, 0.29) is 22.3 Å².